The predicted octanol–water partition coefficient (Wildman–Crippen LogP) is 4.01. The number of H-pyrrole nitrogens is 1. The molecule has 0 amide bonds. The lowest BCUT2D eigenvalue weighted by molar-refractivity contribution is -0.137. The van der Waals surface area contributed by atoms with E-state index in [1.165, 1.54) is 7.11 Å². The predicted molar refractivity (Wildman–Crippen MR) is 90.9 cm³/mol. The molecule has 0 radical (unpaired) electrons. The van der Waals surface area contributed by atoms with Crippen LogP contribution in [0.4, 0.5) is 13.2 Å². The number of aliphatic hydroxyl groups excluding tert-OH is 1. The number of methoxy groups -OCH3 is 1. The number of rotatable bonds is 3. The van der Waals surface area contributed by atoms with E-state index in [-0.39, 0.29) is 22.5 Å². The Morgan fingerprint density at radius 2 is 1.96 bits per heavy atom. The molecule has 0 atom stereocenters. The fraction of sp³-hybridized carbons (Fsp3) is 0.111. The Hall–Kier alpha value is -3.29. The van der Waals surface area contributed by atoms with Crippen LogP contribution in [0.5, 0.6) is 5.75 Å². The molecule has 2 aromatic carbocycles. The fourth-order valence-corrected chi connectivity index (χ4v) is 2.44. The van der Waals surface area contributed by atoms with Crippen molar-refractivity contribution in [2.75, 3.05) is 7.11 Å². The zero-order valence-corrected chi connectivity index (χ0v) is 13.5. The van der Waals surface area contributed by atoms with Crippen LogP contribution in [0.25, 0.3) is 22.9 Å². The van der Waals surface area contributed by atoms with Crippen molar-refractivity contribution in [1.82, 2.24) is 9.97 Å². The first-order valence-corrected chi connectivity index (χ1v) is 7.45. The summed E-state index contributed by atoms with van der Waals surface area (Å²) in [5.41, 5.74) is -1.28. The Kier molecular flexibility index (Phi) is 4.41. The van der Waals surface area contributed by atoms with E-state index in [4.69, 9.17) is 4.74 Å². The van der Waals surface area contributed by atoms with Gasteiger partial charge in [-0.05, 0) is 30.3 Å². The van der Waals surface area contributed by atoms with Crippen LogP contribution in [-0.4, -0.2) is 22.2 Å². The second-order valence-corrected chi connectivity index (χ2v) is 5.41. The second kappa shape index (κ2) is 6.55. The molecule has 5 nitrogen and oxygen atoms in total. The van der Waals surface area contributed by atoms with E-state index in [9.17, 15) is 23.1 Å². The first kappa shape index (κ1) is 17.5. The summed E-state index contributed by atoms with van der Waals surface area (Å²) in [6.07, 6.45) is -3.39. The Morgan fingerprint density at radius 1 is 1.23 bits per heavy atom. The largest absolute Gasteiger partial charge is 0.507 e. The third kappa shape index (κ3) is 3.39. The molecule has 1 heterocycles. The van der Waals surface area contributed by atoms with Gasteiger partial charge in [-0.2, -0.15) is 13.2 Å². The van der Waals surface area contributed by atoms with E-state index in [0.717, 1.165) is 24.3 Å². The van der Waals surface area contributed by atoms with Crippen molar-refractivity contribution in [2.45, 2.75) is 6.18 Å². The second-order valence-electron chi connectivity index (χ2n) is 5.41. The molecule has 2 N–H and O–H groups in total. The molecule has 0 saturated heterocycles. The number of aliphatic hydroxyl groups is 1. The van der Waals surface area contributed by atoms with Crippen LogP contribution in [0.2, 0.25) is 0 Å². The van der Waals surface area contributed by atoms with Gasteiger partial charge in [0, 0.05) is 6.08 Å². The van der Waals surface area contributed by atoms with Crippen LogP contribution < -0.4 is 10.3 Å². The molecule has 0 aliphatic heterocycles. The summed E-state index contributed by atoms with van der Waals surface area (Å²) in [4.78, 5) is 18.5. The van der Waals surface area contributed by atoms with Gasteiger partial charge in [-0.1, -0.05) is 12.1 Å². The van der Waals surface area contributed by atoms with E-state index in [1.807, 2.05) is 0 Å². The van der Waals surface area contributed by atoms with Crippen molar-refractivity contribution in [3.63, 3.8) is 0 Å². The van der Waals surface area contributed by atoms with Crippen LogP contribution in [0.15, 0.2) is 47.3 Å². The maximum Gasteiger partial charge on any atom is 0.416 e. The molecule has 0 aliphatic carbocycles. The summed E-state index contributed by atoms with van der Waals surface area (Å²) < 4.78 is 43.4. The fourth-order valence-electron chi connectivity index (χ4n) is 2.44. The number of halogens is 3. The maximum atomic E-state index is 12.8. The highest BCUT2D eigenvalue weighted by Crippen LogP contribution is 2.30. The molecule has 134 valence electrons. The molecule has 8 heteroatoms. The average molecular weight is 362 g/mol. The number of benzene rings is 2. The Morgan fingerprint density at radius 3 is 2.65 bits per heavy atom. The molecular weight excluding hydrogens is 349 g/mol. The third-order valence-electron chi connectivity index (χ3n) is 3.70. The Labute approximate surface area is 145 Å². The van der Waals surface area contributed by atoms with Gasteiger partial charge in [0.05, 0.1) is 29.3 Å². The molecule has 0 saturated carbocycles. The van der Waals surface area contributed by atoms with Crippen LogP contribution in [0.1, 0.15) is 16.8 Å². The normalized spacial score (nSPS) is 12.4. The molecule has 0 fully saturated rings. The SMILES string of the molecule is COc1ccccc1/C(O)=C/c1nc2ccc(C(F)(F)F)cc2[nH]c1=O. The van der Waals surface area contributed by atoms with E-state index in [0.29, 0.717) is 11.3 Å². The minimum atomic E-state index is -4.52. The molecule has 0 aliphatic rings. The highest BCUT2D eigenvalue weighted by Gasteiger charge is 2.30. The van der Waals surface area contributed by atoms with Gasteiger partial charge in [-0.15, -0.1) is 0 Å². The molecule has 1 aromatic heterocycles. The van der Waals surface area contributed by atoms with Crippen molar-refractivity contribution in [3.8, 4) is 5.75 Å². The van der Waals surface area contributed by atoms with Gasteiger partial charge in [0.15, 0.2) is 0 Å². The zero-order valence-electron chi connectivity index (χ0n) is 13.5. The molecule has 3 aromatic rings. The number of nitrogens with one attached hydrogen (secondary N) is 1. The highest BCUT2D eigenvalue weighted by atomic mass is 19.4. The van der Waals surface area contributed by atoms with Gasteiger partial charge in [0.25, 0.3) is 5.56 Å². The first-order chi connectivity index (χ1) is 12.3. The molecular formula is C18H13F3N2O3. The van der Waals surface area contributed by atoms with Crippen molar-refractivity contribution < 1.29 is 23.0 Å². The smallest absolute Gasteiger partial charge is 0.416 e. The number of hydrogen-bond donors (Lipinski definition) is 2. The van der Waals surface area contributed by atoms with Crippen molar-refractivity contribution in [2.24, 2.45) is 0 Å². The van der Waals surface area contributed by atoms with E-state index in [1.54, 1.807) is 24.3 Å². The number of fused-ring (bicyclic) bond motifs is 1. The van der Waals surface area contributed by atoms with E-state index in [2.05, 4.69) is 9.97 Å². The lowest BCUT2D eigenvalue weighted by atomic mass is 10.1. The standard InChI is InChI=1S/C18H13F3N2O3/c1-26-16-5-3-2-4-11(16)15(24)9-14-17(25)23-13-8-10(18(19,20)21)6-7-12(13)22-14/h2-9,24H,1H3,(H,23,25)/b15-9-. The third-order valence-corrected chi connectivity index (χ3v) is 3.70. The number of aromatic nitrogens is 2. The van der Waals surface area contributed by atoms with E-state index < -0.39 is 17.3 Å². The summed E-state index contributed by atoms with van der Waals surface area (Å²) in [7, 11) is 1.44. The molecule has 0 spiro atoms. The topological polar surface area (TPSA) is 75.2 Å². The Bertz CT molecular complexity index is 1060. The van der Waals surface area contributed by atoms with Gasteiger partial charge < -0.3 is 14.8 Å². The lowest BCUT2D eigenvalue weighted by Crippen LogP contribution is -2.13. The average Bonchev–Trinajstić information content (AvgIpc) is 2.61. The summed E-state index contributed by atoms with van der Waals surface area (Å²) in [6, 6.07) is 9.48. The summed E-state index contributed by atoms with van der Waals surface area (Å²) in [6.45, 7) is 0. The summed E-state index contributed by atoms with van der Waals surface area (Å²) >= 11 is 0. The van der Waals surface area contributed by atoms with Crippen LogP contribution >= 0.6 is 0 Å². The monoisotopic (exact) mass is 362 g/mol. The summed E-state index contributed by atoms with van der Waals surface area (Å²) in [5.74, 6) is 0.139. The Balaban J connectivity index is 2.08. The maximum absolute atomic E-state index is 12.8. The van der Waals surface area contributed by atoms with Crippen LogP contribution in [0.3, 0.4) is 0 Å². The van der Waals surface area contributed by atoms with Gasteiger partial charge in [-0.25, -0.2) is 4.98 Å². The minimum Gasteiger partial charge on any atom is -0.507 e. The van der Waals surface area contributed by atoms with Gasteiger partial charge in [-0.3, -0.25) is 4.79 Å². The summed E-state index contributed by atoms with van der Waals surface area (Å²) in [5, 5.41) is 10.3. The van der Waals surface area contributed by atoms with Crippen LogP contribution in [-0.2, 0) is 6.18 Å². The highest BCUT2D eigenvalue weighted by molar-refractivity contribution is 5.81. The number of nitrogens with zero attached hydrogens (tertiary/aromatic N) is 1. The van der Waals surface area contributed by atoms with Crippen LogP contribution in [0, 0.1) is 0 Å². The van der Waals surface area contributed by atoms with Gasteiger partial charge in [0.2, 0.25) is 0 Å². The number of para-hydroxylation sites is 1. The zero-order chi connectivity index (χ0) is 18.9. The number of alkyl halides is 3. The van der Waals surface area contributed by atoms with E-state index >= 15 is 0 Å². The lowest BCUT2D eigenvalue weighted by Gasteiger charge is -2.08. The number of aromatic amines is 1. The first-order valence-electron chi connectivity index (χ1n) is 7.45. The quantitative estimate of drug-likeness (QED) is 0.691. The number of hydrogen-bond acceptors (Lipinski definition) is 4. The number of ether oxygens (including phenoxy) is 1. The molecule has 3 rings (SSSR count). The van der Waals surface area contributed by atoms with Crippen molar-refractivity contribution in [3.05, 3.63) is 69.6 Å². The molecule has 0 bridgehead atoms. The molecule has 0 unspecified atom stereocenters. The van der Waals surface area contributed by atoms with Crippen molar-refractivity contribution >= 4 is 22.9 Å². The molecule has 26 heavy (non-hydrogen) atoms. The van der Waals surface area contributed by atoms with Gasteiger partial charge >= 0.3 is 6.18 Å². The van der Waals surface area contributed by atoms with Crippen molar-refractivity contribution in [1.29, 1.82) is 0 Å². The minimum absolute atomic E-state index is 0.0428. The van der Waals surface area contributed by atoms with Gasteiger partial charge in [0.1, 0.15) is 17.2 Å².